The number of hydrogen-bond acceptors (Lipinski definition) is 5. The minimum atomic E-state index is -0.824. The van der Waals surface area contributed by atoms with Crippen molar-refractivity contribution in [3.63, 3.8) is 0 Å². The van der Waals surface area contributed by atoms with Gasteiger partial charge in [0.25, 0.3) is 0 Å². The van der Waals surface area contributed by atoms with E-state index in [0.717, 1.165) is 5.70 Å². The molecule has 0 aromatic carbocycles. The highest BCUT2D eigenvalue weighted by molar-refractivity contribution is 6.36. The van der Waals surface area contributed by atoms with Gasteiger partial charge in [-0.3, -0.25) is 19.7 Å². The van der Waals surface area contributed by atoms with Crippen LogP contribution in [-0.2, 0) is 9.59 Å². The van der Waals surface area contributed by atoms with Gasteiger partial charge < -0.3 is 16.0 Å². The summed E-state index contributed by atoms with van der Waals surface area (Å²) in [7, 11) is 1.74. The summed E-state index contributed by atoms with van der Waals surface area (Å²) in [6.45, 7) is 0. The molecular formula is C13H14N4O4. The minimum Gasteiger partial charge on any atom is -0.388 e. The maximum Gasteiger partial charge on any atom is 0.313 e. The summed E-state index contributed by atoms with van der Waals surface area (Å²) in [5.41, 5.74) is 2.02. The molecule has 3 atom stereocenters. The van der Waals surface area contributed by atoms with Gasteiger partial charge >= 0.3 is 11.8 Å². The van der Waals surface area contributed by atoms with Crippen LogP contribution in [0.15, 0.2) is 35.2 Å². The quantitative estimate of drug-likeness (QED) is 0.350. The number of hydrogen-bond donors (Lipinski definition) is 3. The Balaban J connectivity index is 2.09. The van der Waals surface area contributed by atoms with Crippen LogP contribution < -0.4 is 16.0 Å². The number of fused-ring (bicyclic) bond motifs is 2. The largest absolute Gasteiger partial charge is 0.388 e. The Kier molecular flexibility index (Phi) is 3.00. The lowest BCUT2D eigenvalue weighted by Crippen LogP contribution is -2.58. The standard InChI is InChI=1S/C13H14N4O4/c1-14-6-2-3-7-8(4-6)11-9(5-10(7)17(20)21)15-12(18)13(19)16-11/h2-4,7,9-10,14H,5H2,1H3,(H,15,18)(H,16,19). The lowest BCUT2D eigenvalue weighted by Gasteiger charge is -2.37. The number of allylic oxidation sites excluding steroid dienone is 2. The molecule has 3 N–H and O–H groups in total. The number of rotatable bonds is 2. The third-order valence-corrected chi connectivity index (χ3v) is 4.02. The van der Waals surface area contributed by atoms with E-state index in [9.17, 15) is 19.7 Å². The van der Waals surface area contributed by atoms with Crippen LogP contribution in [0, 0.1) is 16.0 Å². The zero-order valence-corrected chi connectivity index (χ0v) is 11.3. The van der Waals surface area contributed by atoms with Crippen LogP contribution in [0.4, 0.5) is 0 Å². The van der Waals surface area contributed by atoms with E-state index in [1.165, 1.54) is 0 Å². The summed E-state index contributed by atoms with van der Waals surface area (Å²) in [4.78, 5) is 34.0. The second kappa shape index (κ2) is 4.72. The van der Waals surface area contributed by atoms with Gasteiger partial charge in [0.05, 0.1) is 12.0 Å². The molecule has 0 bridgehead atoms. The van der Waals surface area contributed by atoms with E-state index in [4.69, 9.17) is 0 Å². The van der Waals surface area contributed by atoms with E-state index < -0.39 is 29.8 Å². The summed E-state index contributed by atoms with van der Waals surface area (Å²) < 4.78 is 0. The van der Waals surface area contributed by atoms with Crippen molar-refractivity contribution in [3.05, 3.63) is 45.3 Å². The number of piperazine rings is 1. The Morgan fingerprint density at radius 2 is 2.14 bits per heavy atom. The van der Waals surface area contributed by atoms with Gasteiger partial charge in [0.2, 0.25) is 6.04 Å². The van der Waals surface area contributed by atoms with Gasteiger partial charge in [-0.05, 0) is 17.7 Å². The highest BCUT2D eigenvalue weighted by atomic mass is 16.6. The van der Waals surface area contributed by atoms with Crippen molar-refractivity contribution in [1.29, 1.82) is 0 Å². The van der Waals surface area contributed by atoms with E-state index in [2.05, 4.69) is 16.0 Å². The van der Waals surface area contributed by atoms with E-state index in [1.54, 1.807) is 25.3 Å². The number of carbonyl (C=O) groups excluding carboxylic acids is 2. The van der Waals surface area contributed by atoms with Crippen LogP contribution in [0.3, 0.4) is 0 Å². The minimum absolute atomic E-state index is 0.162. The zero-order valence-electron chi connectivity index (χ0n) is 11.3. The molecule has 3 rings (SSSR count). The SMILES string of the molecule is CNC1=CC2=C3NC(=O)C(=O)NC3CC([N+](=O)[O-])C2C=C1. The molecule has 2 amide bonds. The molecule has 2 aliphatic carbocycles. The lowest BCUT2D eigenvalue weighted by molar-refractivity contribution is -0.530. The fraction of sp³-hybridized carbons (Fsp3) is 0.385. The van der Waals surface area contributed by atoms with Crippen molar-refractivity contribution < 1.29 is 14.5 Å². The molecule has 0 saturated carbocycles. The van der Waals surface area contributed by atoms with Crippen LogP contribution in [0.5, 0.6) is 0 Å². The number of amides is 2. The van der Waals surface area contributed by atoms with Gasteiger partial charge in [-0.1, -0.05) is 6.08 Å². The van der Waals surface area contributed by atoms with Crippen molar-refractivity contribution in [3.8, 4) is 0 Å². The van der Waals surface area contributed by atoms with Crippen molar-refractivity contribution in [2.24, 2.45) is 5.92 Å². The first-order valence-electron chi connectivity index (χ1n) is 6.58. The van der Waals surface area contributed by atoms with Crippen LogP contribution >= 0.6 is 0 Å². The Bertz CT molecular complexity index is 634. The number of carbonyl (C=O) groups is 2. The highest BCUT2D eigenvalue weighted by Crippen LogP contribution is 2.36. The Labute approximate surface area is 120 Å². The van der Waals surface area contributed by atoms with Crippen molar-refractivity contribution in [1.82, 2.24) is 16.0 Å². The highest BCUT2D eigenvalue weighted by Gasteiger charge is 2.46. The molecule has 8 nitrogen and oxygen atoms in total. The van der Waals surface area contributed by atoms with Gasteiger partial charge in [-0.2, -0.15) is 0 Å². The molecule has 8 heteroatoms. The molecule has 1 fully saturated rings. The first kappa shape index (κ1) is 13.3. The van der Waals surface area contributed by atoms with E-state index >= 15 is 0 Å². The summed E-state index contributed by atoms with van der Waals surface area (Å²) in [6, 6.07) is -1.35. The molecule has 0 aromatic heterocycles. The first-order chi connectivity index (χ1) is 10.0. The maximum atomic E-state index is 11.5. The van der Waals surface area contributed by atoms with Crippen LogP contribution in [-0.4, -0.2) is 35.9 Å². The average molecular weight is 290 g/mol. The summed E-state index contributed by atoms with van der Waals surface area (Å²) >= 11 is 0. The molecule has 110 valence electrons. The number of nitrogens with zero attached hydrogens (tertiary/aromatic N) is 1. The zero-order chi connectivity index (χ0) is 15.1. The van der Waals surface area contributed by atoms with E-state index in [-0.39, 0.29) is 11.3 Å². The molecule has 0 radical (unpaired) electrons. The van der Waals surface area contributed by atoms with E-state index in [1.807, 2.05) is 0 Å². The second-order valence-corrected chi connectivity index (χ2v) is 5.17. The van der Waals surface area contributed by atoms with E-state index in [0.29, 0.717) is 11.3 Å². The normalized spacial score (nSPS) is 30.7. The molecule has 0 aromatic rings. The van der Waals surface area contributed by atoms with Crippen molar-refractivity contribution in [2.45, 2.75) is 18.5 Å². The predicted octanol–water partition coefficient (Wildman–Crippen LogP) is -0.807. The monoisotopic (exact) mass is 290 g/mol. The van der Waals surface area contributed by atoms with Crippen LogP contribution in [0.2, 0.25) is 0 Å². The Morgan fingerprint density at radius 3 is 2.81 bits per heavy atom. The fourth-order valence-corrected chi connectivity index (χ4v) is 2.99. The first-order valence-corrected chi connectivity index (χ1v) is 6.58. The van der Waals surface area contributed by atoms with Gasteiger partial charge in [-0.25, -0.2) is 0 Å². The molecule has 1 aliphatic heterocycles. The maximum absolute atomic E-state index is 11.5. The van der Waals surface area contributed by atoms with Gasteiger partial charge in [0.15, 0.2) is 0 Å². The lowest BCUT2D eigenvalue weighted by atomic mass is 9.76. The van der Waals surface area contributed by atoms with Gasteiger partial charge in [-0.15, -0.1) is 0 Å². The third kappa shape index (κ3) is 2.08. The molecule has 1 heterocycles. The fourth-order valence-electron chi connectivity index (χ4n) is 2.99. The third-order valence-electron chi connectivity index (χ3n) is 4.02. The Hall–Kier alpha value is -2.64. The van der Waals surface area contributed by atoms with Crippen LogP contribution in [0.25, 0.3) is 0 Å². The number of likely N-dealkylation sites (N-methyl/N-ethyl adjacent to an activating group) is 1. The second-order valence-electron chi connectivity index (χ2n) is 5.17. The molecule has 3 aliphatic rings. The van der Waals surface area contributed by atoms with Gasteiger partial charge in [0.1, 0.15) is 0 Å². The summed E-state index contributed by atoms with van der Waals surface area (Å²) in [6.07, 6.45) is 5.49. The molecule has 1 saturated heterocycles. The smallest absolute Gasteiger partial charge is 0.313 e. The number of nitro groups is 1. The molecule has 3 unspecified atom stereocenters. The van der Waals surface area contributed by atoms with Crippen molar-refractivity contribution >= 4 is 11.8 Å². The summed E-state index contributed by atoms with van der Waals surface area (Å²) in [5.74, 6) is -1.89. The summed E-state index contributed by atoms with van der Waals surface area (Å²) in [5, 5.41) is 19.4. The average Bonchev–Trinajstić information content (AvgIpc) is 2.47. The Morgan fingerprint density at radius 1 is 1.38 bits per heavy atom. The topological polar surface area (TPSA) is 113 Å². The van der Waals surface area contributed by atoms with Crippen molar-refractivity contribution in [2.75, 3.05) is 7.05 Å². The van der Waals surface area contributed by atoms with Crippen LogP contribution in [0.1, 0.15) is 6.42 Å². The molecule has 21 heavy (non-hydrogen) atoms. The number of nitrogens with one attached hydrogen (secondary N) is 3. The molecular weight excluding hydrogens is 276 g/mol. The predicted molar refractivity (Wildman–Crippen MR) is 72.3 cm³/mol. The van der Waals surface area contributed by atoms with Gasteiger partial charge in [0, 0.05) is 29.8 Å². The molecule has 0 spiro atoms.